The van der Waals surface area contributed by atoms with Gasteiger partial charge in [-0.15, -0.1) is 0 Å². The lowest BCUT2D eigenvalue weighted by Crippen LogP contribution is -2.17. The third kappa shape index (κ3) is 1.67. The molecule has 16 heavy (non-hydrogen) atoms. The monoisotopic (exact) mass is 215 g/mol. The molecular formula is C11H13N5. The lowest BCUT2D eigenvalue weighted by molar-refractivity contribution is 0.825. The van der Waals surface area contributed by atoms with Gasteiger partial charge in [0.05, 0.1) is 11.4 Å². The van der Waals surface area contributed by atoms with Gasteiger partial charge >= 0.3 is 0 Å². The maximum absolute atomic E-state index is 7.48. The fraction of sp³-hybridized carbons (Fsp3) is 0.182. The van der Waals surface area contributed by atoms with E-state index in [1.165, 1.54) is 0 Å². The highest BCUT2D eigenvalue weighted by molar-refractivity contribution is 5.96. The van der Waals surface area contributed by atoms with Crippen molar-refractivity contribution in [3.63, 3.8) is 0 Å². The van der Waals surface area contributed by atoms with E-state index in [1.807, 2.05) is 26.0 Å². The van der Waals surface area contributed by atoms with Gasteiger partial charge in [-0.05, 0) is 32.0 Å². The van der Waals surface area contributed by atoms with Crippen LogP contribution in [0.25, 0.3) is 5.69 Å². The molecule has 0 aliphatic rings. The van der Waals surface area contributed by atoms with Crippen molar-refractivity contribution >= 4 is 5.84 Å². The molecule has 0 aromatic carbocycles. The Morgan fingerprint density at radius 1 is 1.44 bits per heavy atom. The van der Waals surface area contributed by atoms with Crippen LogP contribution < -0.4 is 5.73 Å². The van der Waals surface area contributed by atoms with Crippen LogP contribution in [-0.4, -0.2) is 20.6 Å². The Balaban J connectivity index is 2.64. The summed E-state index contributed by atoms with van der Waals surface area (Å²) >= 11 is 0. The van der Waals surface area contributed by atoms with Gasteiger partial charge in [-0.1, -0.05) is 0 Å². The predicted octanol–water partition coefficient (Wildman–Crippen LogP) is 1.17. The fourth-order valence-electron chi connectivity index (χ4n) is 1.65. The molecule has 5 heteroatoms. The fourth-order valence-corrected chi connectivity index (χ4v) is 1.65. The van der Waals surface area contributed by atoms with Gasteiger partial charge in [-0.2, -0.15) is 5.10 Å². The average molecular weight is 215 g/mol. The quantitative estimate of drug-likeness (QED) is 0.582. The van der Waals surface area contributed by atoms with Crippen molar-refractivity contribution in [1.82, 2.24) is 14.8 Å². The van der Waals surface area contributed by atoms with E-state index in [0.717, 1.165) is 17.1 Å². The number of hydrogen-bond acceptors (Lipinski definition) is 3. The number of nitrogens with two attached hydrogens (primary N) is 1. The molecule has 0 fully saturated rings. The number of aromatic nitrogens is 3. The Labute approximate surface area is 93.4 Å². The van der Waals surface area contributed by atoms with E-state index in [2.05, 4.69) is 10.1 Å². The normalized spacial score (nSPS) is 10.4. The van der Waals surface area contributed by atoms with Crippen molar-refractivity contribution < 1.29 is 0 Å². The summed E-state index contributed by atoms with van der Waals surface area (Å²) in [6, 6.07) is 5.62. The largest absolute Gasteiger partial charge is 0.382 e. The van der Waals surface area contributed by atoms with Crippen LogP contribution in [0.3, 0.4) is 0 Å². The zero-order valence-corrected chi connectivity index (χ0v) is 9.23. The minimum Gasteiger partial charge on any atom is -0.382 e. The summed E-state index contributed by atoms with van der Waals surface area (Å²) in [5.41, 5.74) is 8.60. The summed E-state index contributed by atoms with van der Waals surface area (Å²) in [6.45, 7) is 3.88. The summed E-state index contributed by atoms with van der Waals surface area (Å²) in [4.78, 5) is 4.09. The van der Waals surface area contributed by atoms with Gasteiger partial charge in [0.15, 0.2) is 0 Å². The third-order valence-electron chi connectivity index (χ3n) is 2.28. The second-order valence-corrected chi connectivity index (χ2v) is 3.62. The van der Waals surface area contributed by atoms with Crippen LogP contribution in [0.1, 0.15) is 17.1 Å². The second-order valence-electron chi connectivity index (χ2n) is 3.62. The molecule has 2 aromatic heterocycles. The summed E-state index contributed by atoms with van der Waals surface area (Å²) < 4.78 is 1.75. The first-order chi connectivity index (χ1) is 7.59. The van der Waals surface area contributed by atoms with Crippen LogP contribution in [0.2, 0.25) is 0 Å². The molecule has 0 aliphatic carbocycles. The highest BCUT2D eigenvalue weighted by atomic mass is 15.3. The van der Waals surface area contributed by atoms with Crippen molar-refractivity contribution in [3.8, 4) is 5.69 Å². The molecule has 0 saturated carbocycles. The molecule has 2 rings (SSSR count). The first-order valence-electron chi connectivity index (χ1n) is 4.92. The predicted molar refractivity (Wildman–Crippen MR) is 61.8 cm³/mol. The molecular weight excluding hydrogens is 202 g/mol. The van der Waals surface area contributed by atoms with Gasteiger partial charge in [0.1, 0.15) is 11.5 Å². The maximum atomic E-state index is 7.48. The molecule has 0 aliphatic heterocycles. The SMILES string of the molecule is Cc1cc(C)n(-c2cccnc2C(=N)N)n1. The smallest absolute Gasteiger partial charge is 0.144 e. The Morgan fingerprint density at radius 3 is 2.75 bits per heavy atom. The number of nitrogens with zero attached hydrogens (tertiary/aromatic N) is 3. The van der Waals surface area contributed by atoms with Gasteiger partial charge < -0.3 is 5.73 Å². The number of nitrogens with one attached hydrogen (secondary N) is 1. The van der Waals surface area contributed by atoms with E-state index in [-0.39, 0.29) is 5.84 Å². The Hall–Kier alpha value is -2.17. The van der Waals surface area contributed by atoms with Crippen molar-refractivity contribution in [2.45, 2.75) is 13.8 Å². The van der Waals surface area contributed by atoms with Gasteiger partial charge in [-0.25, -0.2) is 4.68 Å². The van der Waals surface area contributed by atoms with Crippen LogP contribution in [-0.2, 0) is 0 Å². The number of rotatable bonds is 2. The Bertz CT molecular complexity index is 541. The number of amidine groups is 1. The molecule has 5 nitrogen and oxygen atoms in total. The first-order valence-corrected chi connectivity index (χ1v) is 4.92. The summed E-state index contributed by atoms with van der Waals surface area (Å²) in [6.07, 6.45) is 1.62. The molecule has 0 saturated heterocycles. The summed E-state index contributed by atoms with van der Waals surface area (Å²) in [5.74, 6) is -0.0526. The van der Waals surface area contributed by atoms with Crippen LogP contribution in [0, 0.1) is 19.3 Å². The van der Waals surface area contributed by atoms with Crippen molar-refractivity contribution in [3.05, 3.63) is 41.5 Å². The second kappa shape index (κ2) is 3.77. The molecule has 0 bridgehead atoms. The molecule has 0 spiro atoms. The van der Waals surface area contributed by atoms with E-state index >= 15 is 0 Å². The van der Waals surface area contributed by atoms with Gasteiger partial charge in [-0.3, -0.25) is 10.4 Å². The van der Waals surface area contributed by atoms with Crippen LogP contribution in [0.15, 0.2) is 24.4 Å². The molecule has 0 amide bonds. The van der Waals surface area contributed by atoms with E-state index in [0.29, 0.717) is 5.69 Å². The standard InChI is InChI=1S/C11H13N5/c1-7-6-8(2)16(15-7)9-4-3-5-14-10(9)11(12)13/h3-6H,1-2H3,(H3,12,13). The number of nitrogen functional groups attached to an aromatic ring is 1. The van der Waals surface area contributed by atoms with Crippen molar-refractivity contribution in [2.75, 3.05) is 0 Å². The van der Waals surface area contributed by atoms with Gasteiger partial charge in [0, 0.05) is 11.9 Å². The summed E-state index contributed by atoms with van der Waals surface area (Å²) in [5, 5.41) is 11.8. The lowest BCUT2D eigenvalue weighted by Gasteiger charge is -2.08. The van der Waals surface area contributed by atoms with Gasteiger partial charge in [0.25, 0.3) is 0 Å². The highest BCUT2D eigenvalue weighted by Crippen LogP contribution is 2.14. The molecule has 0 radical (unpaired) electrons. The maximum Gasteiger partial charge on any atom is 0.144 e. The zero-order chi connectivity index (χ0) is 11.7. The first kappa shape index (κ1) is 10.4. The molecule has 82 valence electrons. The molecule has 2 heterocycles. The minimum absolute atomic E-state index is 0.0526. The average Bonchev–Trinajstić information content (AvgIpc) is 2.57. The number of pyridine rings is 1. The Kier molecular flexibility index (Phi) is 2.44. The van der Waals surface area contributed by atoms with Crippen molar-refractivity contribution in [2.24, 2.45) is 5.73 Å². The lowest BCUT2D eigenvalue weighted by atomic mass is 10.2. The third-order valence-corrected chi connectivity index (χ3v) is 2.28. The van der Waals surface area contributed by atoms with Crippen LogP contribution in [0.5, 0.6) is 0 Å². The van der Waals surface area contributed by atoms with Crippen LogP contribution >= 0.6 is 0 Å². The van der Waals surface area contributed by atoms with E-state index in [1.54, 1.807) is 16.9 Å². The van der Waals surface area contributed by atoms with Crippen LogP contribution in [0.4, 0.5) is 0 Å². The van der Waals surface area contributed by atoms with E-state index in [9.17, 15) is 0 Å². The number of hydrogen-bond donors (Lipinski definition) is 2. The molecule has 2 aromatic rings. The van der Waals surface area contributed by atoms with E-state index in [4.69, 9.17) is 11.1 Å². The van der Waals surface area contributed by atoms with Gasteiger partial charge in [0.2, 0.25) is 0 Å². The number of aryl methyl sites for hydroxylation is 2. The van der Waals surface area contributed by atoms with Crippen molar-refractivity contribution in [1.29, 1.82) is 5.41 Å². The highest BCUT2D eigenvalue weighted by Gasteiger charge is 2.11. The summed E-state index contributed by atoms with van der Waals surface area (Å²) in [7, 11) is 0. The minimum atomic E-state index is -0.0526. The zero-order valence-electron chi connectivity index (χ0n) is 9.23. The molecule has 3 N–H and O–H groups in total. The topological polar surface area (TPSA) is 80.6 Å². The Morgan fingerprint density at radius 2 is 2.19 bits per heavy atom. The molecule has 0 atom stereocenters. The van der Waals surface area contributed by atoms with E-state index < -0.39 is 0 Å². The molecule has 0 unspecified atom stereocenters.